The highest BCUT2D eigenvalue weighted by Crippen LogP contribution is 2.10. The van der Waals surface area contributed by atoms with Crippen molar-refractivity contribution in [1.82, 2.24) is 25.3 Å². The molecule has 2 rings (SSSR count). The lowest BCUT2D eigenvalue weighted by Gasteiger charge is -2.02. The molecule has 0 aromatic carbocycles. The number of amides is 1. The average Bonchev–Trinajstić information content (AvgIpc) is 2.70. The van der Waals surface area contributed by atoms with Gasteiger partial charge in [0.2, 0.25) is 0 Å². The van der Waals surface area contributed by atoms with Crippen molar-refractivity contribution in [3.05, 3.63) is 29.6 Å². The van der Waals surface area contributed by atoms with Gasteiger partial charge in [-0.1, -0.05) is 0 Å². The summed E-state index contributed by atoms with van der Waals surface area (Å²) in [5, 5.41) is 14.5. The van der Waals surface area contributed by atoms with E-state index < -0.39 is 0 Å². The van der Waals surface area contributed by atoms with Gasteiger partial charge in [0.1, 0.15) is 5.82 Å². The van der Waals surface area contributed by atoms with Crippen LogP contribution in [-0.4, -0.2) is 32.4 Å². The summed E-state index contributed by atoms with van der Waals surface area (Å²) in [6.07, 6.45) is 1.76. The van der Waals surface area contributed by atoms with E-state index in [0.717, 1.165) is 5.56 Å². The van der Waals surface area contributed by atoms with Crippen LogP contribution in [0.3, 0.4) is 0 Å². The second kappa shape index (κ2) is 4.82. The maximum Gasteiger partial charge on any atom is 0.271 e. The molecule has 0 fully saturated rings. The second-order valence-corrected chi connectivity index (χ2v) is 3.78. The van der Waals surface area contributed by atoms with Gasteiger partial charge in [-0.05, 0) is 26.0 Å². The maximum atomic E-state index is 11.5. The van der Waals surface area contributed by atoms with E-state index in [1.165, 1.54) is 4.68 Å². The second-order valence-electron chi connectivity index (χ2n) is 3.78. The highest BCUT2D eigenvalue weighted by Gasteiger charge is 2.08. The summed E-state index contributed by atoms with van der Waals surface area (Å²) in [6.45, 7) is 4.25. The lowest BCUT2D eigenvalue weighted by Crippen LogP contribution is -2.24. The van der Waals surface area contributed by atoms with E-state index in [1.54, 1.807) is 18.3 Å². The number of nitrogens with one attached hydrogen (secondary N) is 1. The third kappa shape index (κ3) is 2.29. The summed E-state index contributed by atoms with van der Waals surface area (Å²) in [5.41, 5.74) is 6.79. The zero-order chi connectivity index (χ0) is 13.1. The van der Waals surface area contributed by atoms with Crippen LogP contribution in [0.4, 0.5) is 5.82 Å². The Hall–Kier alpha value is -2.44. The van der Waals surface area contributed by atoms with Crippen LogP contribution in [0.25, 0.3) is 5.82 Å². The summed E-state index contributed by atoms with van der Waals surface area (Å²) >= 11 is 0. The maximum absolute atomic E-state index is 11.5. The standard InChI is InChI=1S/C11H14N6O/c1-3-13-11(18)8-4-5-9(15-14-8)17-6-7(2)10(12)16-17/h4-6H,3H2,1-2H3,(H2,12,16)(H,13,18). The van der Waals surface area contributed by atoms with Gasteiger partial charge in [0.25, 0.3) is 5.91 Å². The lowest BCUT2D eigenvalue weighted by molar-refractivity contribution is 0.0950. The first kappa shape index (κ1) is 12.0. The Morgan fingerprint density at radius 2 is 2.22 bits per heavy atom. The molecule has 0 atom stereocenters. The number of carbonyl (C=O) groups is 1. The van der Waals surface area contributed by atoms with Crippen LogP contribution in [0.2, 0.25) is 0 Å². The number of carbonyl (C=O) groups excluding carboxylic acids is 1. The minimum Gasteiger partial charge on any atom is -0.382 e. The number of aromatic nitrogens is 4. The summed E-state index contributed by atoms with van der Waals surface area (Å²) in [4.78, 5) is 11.5. The molecule has 0 spiro atoms. The number of nitrogen functional groups attached to an aromatic ring is 1. The molecule has 94 valence electrons. The fraction of sp³-hybridized carbons (Fsp3) is 0.273. The highest BCUT2D eigenvalue weighted by molar-refractivity contribution is 5.92. The van der Waals surface area contributed by atoms with Crippen molar-refractivity contribution < 1.29 is 4.79 Å². The Bertz CT molecular complexity index is 540. The number of aryl methyl sites for hydroxylation is 1. The molecule has 3 N–H and O–H groups in total. The number of nitrogens with zero attached hydrogens (tertiary/aromatic N) is 4. The van der Waals surface area contributed by atoms with Gasteiger partial charge in [0, 0.05) is 18.3 Å². The van der Waals surface area contributed by atoms with E-state index in [1.807, 2.05) is 13.8 Å². The minimum atomic E-state index is -0.243. The molecule has 2 aromatic heterocycles. The predicted octanol–water partition coefficient (Wildman–Crippen LogP) is 0.303. The van der Waals surface area contributed by atoms with Crippen LogP contribution in [0.15, 0.2) is 18.3 Å². The van der Waals surface area contributed by atoms with Crippen LogP contribution < -0.4 is 11.1 Å². The third-order valence-electron chi connectivity index (χ3n) is 2.39. The SMILES string of the molecule is CCNC(=O)c1ccc(-n2cc(C)c(N)n2)nn1. The third-order valence-corrected chi connectivity index (χ3v) is 2.39. The zero-order valence-corrected chi connectivity index (χ0v) is 10.2. The molecule has 0 aliphatic carbocycles. The van der Waals surface area contributed by atoms with Crippen LogP contribution in [0.5, 0.6) is 0 Å². The van der Waals surface area contributed by atoms with E-state index in [0.29, 0.717) is 18.2 Å². The van der Waals surface area contributed by atoms with E-state index in [9.17, 15) is 4.79 Å². The Morgan fingerprint density at radius 3 is 2.72 bits per heavy atom. The number of hydrogen-bond donors (Lipinski definition) is 2. The fourth-order valence-corrected chi connectivity index (χ4v) is 1.41. The topological polar surface area (TPSA) is 98.7 Å². The Labute approximate surface area is 104 Å². The van der Waals surface area contributed by atoms with Gasteiger partial charge in [-0.25, -0.2) is 4.68 Å². The minimum absolute atomic E-state index is 0.243. The Kier molecular flexibility index (Phi) is 3.22. The smallest absolute Gasteiger partial charge is 0.271 e. The molecule has 1 amide bonds. The molecule has 2 aromatic rings. The van der Waals surface area contributed by atoms with Gasteiger partial charge < -0.3 is 11.1 Å². The number of anilines is 1. The first-order chi connectivity index (χ1) is 8.61. The molecule has 0 saturated heterocycles. The molecular weight excluding hydrogens is 232 g/mol. The Morgan fingerprint density at radius 1 is 1.44 bits per heavy atom. The van der Waals surface area contributed by atoms with Gasteiger partial charge in [0.05, 0.1) is 0 Å². The van der Waals surface area contributed by atoms with Gasteiger partial charge in [0.15, 0.2) is 11.5 Å². The van der Waals surface area contributed by atoms with Crippen molar-refractivity contribution >= 4 is 11.7 Å². The first-order valence-corrected chi connectivity index (χ1v) is 5.56. The van der Waals surface area contributed by atoms with Crippen LogP contribution >= 0.6 is 0 Å². The molecule has 0 radical (unpaired) electrons. The van der Waals surface area contributed by atoms with Crippen molar-refractivity contribution in [3.63, 3.8) is 0 Å². The predicted molar refractivity (Wildman–Crippen MR) is 66.3 cm³/mol. The number of hydrogen-bond acceptors (Lipinski definition) is 5. The van der Waals surface area contributed by atoms with Crippen molar-refractivity contribution in [1.29, 1.82) is 0 Å². The van der Waals surface area contributed by atoms with E-state index in [-0.39, 0.29) is 11.6 Å². The molecular formula is C11H14N6O. The summed E-state index contributed by atoms with van der Waals surface area (Å²) in [6, 6.07) is 3.27. The fourth-order valence-electron chi connectivity index (χ4n) is 1.41. The quantitative estimate of drug-likeness (QED) is 0.811. The van der Waals surface area contributed by atoms with Gasteiger partial charge in [-0.15, -0.1) is 15.3 Å². The summed E-state index contributed by atoms with van der Waals surface area (Å²) in [7, 11) is 0. The lowest BCUT2D eigenvalue weighted by atomic mass is 10.3. The van der Waals surface area contributed by atoms with Crippen LogP contribution in [0.1, 0.15) is 23.0 Å². The van der Waals surface area contributed by atoms with Crippen molar-refractivity contribution in [2.24, 2.45) is 0 Å². The Balaban J connectivity index is 2.24. The van der Waals surface area contributed by atoms with Gasteiger partial charge in [-0.2, -0.15) is 0 Å². The summed E-state index contributed by atoms with van der Waals surface area (Å²) in [5.74, 6) is 0.722. The highest BCUT2D eigenvalue weighted by atomic mass is 16.1. The van der Waals surface area contributed by atoms with Gasteiger partial charge >= 0.3 is 0 Å². The van der Waals surface area contributed by atoms with Crippen molar-refractivity contribution in [2.75, 3.05) is 12.3 Å². The largest absolute Gasteiger partial charge is 0.382 e. The van der Waals surface area contributed by atoms with E-state index in [2.05, 4.69) is 20.6 Å². The van der Waals surface area contributed by atoms with Crippen molar-refractivity contribution in [3.8, 4) is 5.82 Å². The van der Waals surface area contributed by atoms with E-state index in [4.69, 9.17) is 5.73 Å². The molecule has 7 nitrogen and oxygen atoms in total. The molecule has 0 unspecified atom stereocenters. The average molecular weight is 246 g/mol. The normalized spacial score (nSPS) is 10.3. The molecule has 0 bridgehead atoms. The van der Waals surface area contributed by atoms with Crippen LogP contribution in [-0.2, 0) is 0 Å². The van der Waals surface area contributed by atoms with E-state index >= 15 is 0 Å². The zero-order valence-electron chi connectivity index (χ0n) is 10.2. The molecule has 0 saturated carbocycles. The molecule has 18 heavy (non-hydrogen) atoms. The molecule has 0 aliphatic rings. The van der Waals surface area contributed by atoms with Crippen LogP contribution in [0, 0.1) is 6.92 Å². The number of rotatable bonds is 3. The summed E-state index contributed by atoms with van der Waals surface area (Å²) < 4.78 is 1.53. The van der Waals surface area contributed by atoms with Crippen molar-refractivity contribution in [2.45, 2.75) is 13.8 Å². The van der Waals surface area contributed by atoms with Gasteiger partial charge in [-0.3, -0.25) is 4.79 Å². The monoisotopic (exact) mass is 246 g/mol. The molecule has 7 heteroatoms. The molecule has 0 aliphatic heterocycles. The molecule has 2 heterocycles. The first-order valence-electron chi connectivity index (χ1n) is 5.56. The number of nitrogens with two attached hydrogens (primary N) is 1.